The number of nitrogens with zero attached hydrogens (tertiary/aromatic N) is 1. The SMILES string of the molecule is Cc1ccc(S(=O)Nc2ccc(-c3c(C#CCCO)sc(-c4ccc(F)cc4)c3-c3ccncc3)cc2)cc1. The van der Waals surface area contributed by atoms with Crippen LogP contribution in [-0.4, -0.2) is 20.9 Å². The van der Waals surface area contributed by atoms with Crippen molar-refractivity contribution in [2.75, 3.05) is 11.3 Å². The van der Waals surface area contributed by atoms with Gasteiger partial charge in [0.05, 0.1) is 16.4 Å². The highest BCUT2D eigenvalue weighted by atomic mass is 32.2. The Labute approximate surface area is 233 Å². The van der Waals surface area contributed by atoms with Crippen molar-refractivity contribution < 1.29 is 13.7 Å². The molecule has 1 unspecified atom stereocenters. The summed E-state index contributed by atoms with van der Waals surface area (Å²) in [6, 6.07) is 25.7. The van der Waals surface area contributed by atoms with E-state index in [0.717, 1.165) is 48.8 Å². The Kier molecular flexibility index (Phi) is 8.28. The molecule has 0 saturated heterocycles. The Hall–Kier alpha value is -4.09. The molecule has 0 aliphatic carbocycles. The van der Waals surface area contributed by atoms with Crippen molar-refractivity contribution in [2.24, 2.45) is 0 Å². The molecule has 39 heavy (non-hydrogen) atoms. The molecule has 5 aromatic rings. The van der Waals surface area contributed by atoms with E-state index in [1.807, 2.05) is 67.6 Å². The van der Waals surface area contributed by atoms with Gasteiger partial charge in [-0.1, -0.05) is 53.8 Å². The molecule has 5 rings (SSSR count). The normalized spacial score (nSPS) is 11.5. The minimum absolute atomic E-state index is 0.0196. The third kappa shape index (κ3) is 6.15. The van der Waals surface area contributed by atoms with E-state index in [1.54, 1.807) is 24.5 Å². The van der Waals surface area contributed by atoms with E-state index >= 15 is 0 Å². The third-order valence-corrected chi connectivity index (χ3v) is 8.32. The van der Waals surface area contributed by atoms with Crippen LogP contribution in [0.1, 0.15) is 16.9 Å². The van der Waals surface area contributed by atoms with Gasteiger partial charge in [-0.25, -0.2) is 8.60 Å². The fraction of sp³-hybridized carbons (Fsp3) is 0.0938. The molecule has 0 aliphatic rings. The van der Waals surface area contributed by atoms with Crippen molar-refractivity contribution >= 4 is 28.0 Å². The molecule has 0 amide bonds. The minimum atomic E-state index is -1.39. The van der Waals surface area contributed by atoms with Crippen LogP contribution in [0.4, 0.5) is 10.1 Å². The summed E-state index contributed by atoms with van der Waals surface area (Å²) in [4.78, 5) is 6.70. The number of pyridine rings is 1. The van der Waals surface area contributed by atoms with Gasteiger partial charge >= 0.3 is 0 Å². The summed E-state index contributed by atoms with van der Waals surface area (Å²) in [5.41, 5.74) is 6.55. The quantitative estimate of drug-likeness (QED) is 0.206. The lowest BCUT2D eigenvalue weighted by atomic mass is 9.93. The number of thiophene rings is 1. The minimum Gasteiger partial charge on any atom is -0.395 e. The van der Waals surface area contributed by atoms with E-state index in [0.29, 0.717) is 11.3 Å². The number of hydrogen-bond acceptors (Lipinski definition) is 4. The largest absolute Gasteiger partial charge is 0.395 e. The highest BCUT2D eigenvalue weighted by Crippen LogP contribution is 2.47. The summed E-state index contributed by atoms with van der Waals surface area (Å²) in [7, 11) is -1.39. The Morgan fingerprint density at radius 1 is 0.872 bits per heavy atom. The molecule has 194 valence electrons. The maximum atomic E-state index is 13.8. The van der Waals surface area contributed by atoms with Gasteiger partial charge < -0.3 is 9.83 Å². The van der Waals surface area contributed by atoms with Gasteiger partial charge in [0, 0.05) is 40.5 Å². The average Bonchev–Trinajstić information content (AvgIpc) is 3.34. The van der Waals surface area contributed by atoms with Crippen LogP contribution in [0, 0.1) is 24.6 Å². The van der Waals surface area contributed by atoms with E-state index < -0.39 is 11.0 Å². The maximum absolute atomic E-state index is 13.8. The van der Waals surface area contributed by atoms with Gasteiger partial charge in [0.1, 0.15) is 16.8 Å². The lowest BCUT2D eigenvalue weighted by Crippen LogP contribution is -2.04. The van der Waals surface area contributed by atoms with Crippen molar-refractivity contribution in [3.05, 3.63) is 114 Å². The molecule has 1 atom stereocenters. The van der Waals surface area contributed by atoms with Crippen molar-refractivity contribution in [3.8, 4) is 44.5 Å². The highest BCUT2D eigenvalue weighted by molar-refractivity contribution is 7.86. The molecule has 2 heterocycles. The number of rotatable bonds is 7. The second-order valence-electron chi connectivity index (χ2n) is 8.79. The molecular formula is C32H25FN2O2S2. The molecule has 0 radical (unpaired) electrons. The van der Waals surface area contributed by atoms with Crippen LogP contribution < -0.4 is 4.72 Å². The number of aliphatic hydroxyl groups excluding tert-OH is 1. The lowest BCUT2D eigenvalue weighted by Gasteiger charge is -2.11. The Morgan fingerprint density at radius 3 is 2.18 bits per heavy atom. The van der Waals surface area contributed by atoms with Crippen LogP contribution in [0.5, 0.6) is 0 Å². The number of anilines is 1. The summed E-state index contributed by atoms with van der Waals surface area (Å²) < 4.78 is 29.7. The summed E-state index contributed by atoms with van der Waals surface area (Å²) in [6.07, 6.45) is 3.85. The number of aliphatic hydroxyl groups is 1. The standard InChI is InChI=1S/C32H25FN2O2S2/c1-22-5-15-28(16-6-22)39(37)35-27-13-9-23(10-14-27)30-29(4-2-3-21-36)38-32(25-7-11-26(33)12-8-25)31(30)24-17-19-34-20-18-24/h5-20,35-36H,3,21H2,1H3. The number of aryl methyl sites for hydroxylation is 1. The number of aromatic nitrogens is 1. The molecule has 3 aromatic carbocycles. The van der Waals surface area contributed by atoms with Crippen molar-refractivity contribution in [3.63, 3.8) is 0 Å². The molecule has 0 aliphatic heterocycles. The molecule has 2 aromatic heterocycles. The topological polar surface area (TPSA) is 62.2 Å². The fourth-order valence-corrected chi connectivity index (χ4v) is 6.20. The summed E-state index contributed by atoms with van der Waals surface area (Å²) in [5, 5.41) is 9.30. The second kappa shape index (κ2) is 12.2. The monoisotopic (exact) mass is 552 g/mol. The first-order valence-electron chi connectivity index (χ1n) is 12.3. The van der Waals surface area contributed by atoms with Crippen LogP contribution in [0.3, 0.4) is 0 Å². The lowest BCUT2D eigenvalue weighted by molar-refractivity contribution is 0.305. The number of benzene rings is 3. The molecule has 0 fully saturated rings. The molecule has 0 bridgehead atoms. The van der Waals surface area contributed by atoms with Crippen LogP contribution in [0.25, 0.3) is 32.7 Å². The van der Waals surface area contributed by atoms with Crippen LogP contribution in [0.2, 0.25) is 0 Å². The summed E-state index contributed by atoms with van der Waals surface area (Å²) in [5.74, 6) is 6.01. The highest BCUT2D eigenvalue weighted by Gasteiger charge is 2.21. The third-order valence-electron chi connectivity index (χ3n) is 6.04. The number of nitrogens with one attached hydrogen (secondary N) is 1. The van der Waals surface area contributed by atoms with E-state index in [9.17, 15) is 13.7 Å². The molecular weight excluding hydrogens is 527 g/mol. The van der Waals surface area contributed by atoms with Gasteiger partial charge in [0.25, 0.3) is 0 Å². The Morgan fingerprint density at radius 2 is 1.51 bits per heavy atom. The van der Waals surface area contributed by atoms with Crippen LogP contribution >= 0.6 is 11.3 Å². The van der Waals surface area contributed by atoms with Gasteiger partial charge in [0.2, 0.25) is 0 Å². The van der Waals surface area contributed by atoms with Crippen molar-refractivity contribution in [1.82, 2.24) is 4.98 Å². The number of hydrogen-bond donors (Lipinski definition) is 2. The Balaban J connectivity index is 1.60. The zero-order chi connectivity index (χ0) is 27.2. The average molecular weight is 553 g/mol. The van der Waals surface area contributed by atoms with E-state index in [4.69, 9.17) is 0 Å². The van der Waals surface area contributed by atoms with Gasteiger partial charge in [-0.15, -0.1) is 11.3 Å². The zero-order valence-corrected chi connectivity index (χ0v) is 22.8. The van der Waals surface area contributed by atoms with Crippen LogP contribution in [0.15, 0.2) is 102 Å². The number of halogens is 1. The molecule has 7 heteroatoms. The van der Waals surface area contributed by atoms with E-state index in [1.165, 1.54) is 23.5 Å². The van der Waals surface area contributed by atoms with Gasteiger partial charge in [-0.3, -0.25) is 4.98 Å². The first kappa shape index (κ1) is 26.5. The first-order chi connectivity index (χ1) is 19.0. The molecule has 4 nitrogen and oxygen atoms in total. The predicted molar refractivity (Wildman–Crippen MR) is 158 cm³/mol. The zero-order valence-electron chi connectivity index (χ0n) is 21.1. The second-order valence-corrected chi connectivity index (χ2v) is 11.0. The van der Waals surface area contributed by atoms with Gasteiger partial charge in [-0.05, 0) is 72.1 Å². The molecule has 2 N–H and O–H groups in total. The van der Waals surface area contributed by atoms with Gasteiger partial charge in [0.15, 0.2) is 0 Å². The molecule has 0 saturated carbocycles. The molecule has 0 spiro atoms. The van der Waals surface area contributed by atoms with E-state index in [-0.39, 0.29) is 12.4 Å². The fourth-order valence-electron chi connectivity index (χ4n) is 4.12. The van der Waals surface area contributed by atoms with Crippen molar-refractivity contribution in [2.45, 2.75) is 18.2 Å². The summed E-state index contributed by atoms with van der Waals surface area (Å²) in [6.45, 7) is 1.97. The predicted octanol–water partition coefficient (Wildman–Crippen LogP) is 7.46. The first-order valence-corrected chi connectivity index (χ1v) is 14.3. The van der Waals surface area contributed by atoms with Crippen molar-refractivity contribution in [1.29, 1.82) is 0 Å². The van der Waals surface area contributed by atoms with Gasteiger partial charge in [-0.2, -0.15) is 0 Å². The maximum Gasteiger partial charge on any atom is 0.150 e. The smallest absolute Gasteiger partial charge is 0.150 e. The summed E-state index contributed by atoms with van der Waals surface area (Å²) >= 11 is 1.54. The van der Waals surface area contributed by atoms with E-state index in [2.05, 4.69) is 21.5 Å². The van der Waals surface area contributed by atoms with Crippen LogP contribution in [-0.2, 0) is 11.0 Å². The Bertz CT molecular complexity index is 1650.